The second-order valence-electron chi connectivity index (χ2n) is 12.5. The lowest BCUT2D eigenvalue weighted by molar-refractivity contribution is 1.31. The molecule has 2 heterocycles. The van der Waals surface area contributed by atoms with Crippen molar-refractivity contribution in [3.05, 3.63) is 176 Å². The molecule has 10 rings (SSSR count). The summed E-state index contributed by atoms with van der Waals surface area (Å²) in [5.74, 6) is 0. The van der Waals surface area contributed by atoms with Crippen LogP contribution in [0.5, 0.6) is 0 Å². The van der Waals surface area contributed by atoms with Crippen molar-refractivity contribution in [2.45, 2.75) is 0 Å². The van der Waals surface area contributed by atoms with Gasteiger partial charge in [0.1, 0.15) is 0 Å². The van der Waals surface area contributed by atoms with E-state index in [4.69, 9.17) is 0 Å². The highest BCUT2D eigenvalue weighted by Gasteiger charge is 2.21. The van der Waals surface area contributed by atoms with E-state index in [0.29, 0.717) is 0 Å². The van der Waals surface area contributed by atoms with E-state index >= 15 is 0 Å². The summed E-state index contributed by atoms with van der Waals surface area (Å²) < 4.78 is 5.20. The predicted octanol–water partition coefficient (Wildman–Crippen LogP) is 14.4. The van der Waals surface area contributed by atoms with Gasteiger partial charge in [0, 0.05) is 47.0 Å². The average Bonchev–Trinajstić information content (AvgIpc) is 3.74. The number of benzene rings is 8. The molecule has 0 aliphatic heterocycles. The van der Waals surface area contributed by atoms with Gasteiger partial charge in [-0.2, -0.15) is 0 Å². The first-order valence-electron chi connectivity index (χ1n) is 16.6. The van der Waals surface area contributed by atoms with Crippen LogP contribution in [0.4, 0.5) is 17.1 Å². The Labute approximate surface area is 292 Å². The summed E-state index contributed by atoms with van der Waals surface area (Å²) in [7, 11) is 0. The molecule has 10 aromatic rings. The molecule has 3 heteroatoms. The van der Waals surface area contributed by atoms with E-state index in [2.05, 4.69) is 181 Å². The number of thiophene rings is 2. The van der Waals surface area contributed by atoms with Gasteiger partial charge in [0.15, 0.2) is 0 Å². The fraction of sp³-hybridized carbons (Fsp3) is 0. The van der Waals surface area contributed by atoms with Gasteiger partial charge in [0.25, 0.3) is 0 Å². The lowest BCUT2D eigenvalue weighted by Crippen LogP contribution is -2.10. The van der Waals surface area contributed by atoms with E-state index in [1.807, 2.05) is 22.7 Å². The van der Waals surface area contributed by atoms with Crippen LogP contribution in [0, 0.1) is 0 Å². The number of rotatable bonds is 5. The summed E-state index contributed by atoms with van der Waals surface area (Å²) in [6.45, 7) is 0. The Morgan fingerprint density at radius 2 is 1.00 bits per heavy atom. The standard InChI is InChI=1S/C46H29NS2/c1-2-11-31(12-3-1)37-27-28-41(46-45(37)40-17-7-9-20-43(40)49-46)47(34-25-26-39-38-16-6-8-19-42(38)48-44(39)29-34)33-23-21-32(22-24-33)36-18-10-14-30-13-4-5-15-35(30)36/h1-29H. The van der Waals surface area contributed by atoms with Gasteiger partial charge in [-0.15, -0.1) is 22.7 Å². The third kappa shape index (κ3) is 4.66. The normalized spacial score (nSPS) is 11.7. The lowest BCUT2D eigenvalue weighted by atomic mass is 9.97. The van der Waals surface area contributed by atoms with Gasteiger partial charge in [-0.05, 0) is 75.5 Å². The minimum Gasteiger partial charge on any atom is -0.309 e. The van der Waals surface area contributed by atoms with Crippen LogP contribution in [-0.4, -0.2) is 0 Å². The van der Waals surface area contributed by atoms with E-state index in [-0.39, 0.29) is 0 Å². The summed E-state index contributed by atoms with van der Waals surface area (Å²) in [5, 5.41) is 7.77. The SMILES string of the molecule is c1ccc(-c2ccc(N(c3ccc(-c4cccc5ccccc45)cc3)c3ccc4c(c3)sc3ccccc34)c3sc4ccccc4c23)cc1. The van der Waals surface area contributed by atoms with Crippen molar-refractivity contribution in [3.8, 4) is 22.3 Å². The maximum atomic E-state index is 2.46. The monoisotopic (exact) mass is 659 g/mol. The molecule has 1 nitrogen and oxygen atoms in total. The molecule has 0 bridgehead atoms. The van der Waals surface area contributed by atoms with E-state index < -0.39 is 0 Å². The van der Waals surface area contributed by atoms with Gasteiger partial charge in [0.05, 0.1) is 10.4 Å². The number of anilines is 3. The Kier molecular flexibility index (Phi) is 6.61. The topological polar surface area (TPSA) is 3.24 Å². The van der Waals surface area contributed by atoms with Crippen molar-refractivity contribution in [2.24, 2.45) is 0 Å². The van der Waals surface area contributed by atoms with Crippen LogP contribution in [0.1, 0.15) is 0 Å². The van der Waals surface area contributed by atoms with Crippen molar-refractivity contribution < 1.29 is 0 Å². The van der Waals surface area contributed by atoms with Crippen LogP contribution in [-0.2, 0) is 0 Å². The van der Waals surface area contributed by atoms with Crippen LogP contribution in [0.25, 0.3) is 73.4 Å². The molecule has 0 amide bonds. The molecule has 2 aromatic heterocycles. The minimum absolute atomic E-state index is 1.13. The molecule has 8 aromatic carbocycles. The van der Waals surface area contributed by atoms with Gasteiger partial charge in [-0.3, -0.25) is 0 Å². The highest BCUT2D eigenvalue weighted by molar-refractivity contribution is 7.26. The molecule has 0 N–H and O–H groups in total. The fourth-order valence-corrected chi connectivity index (χ4v) is 9.77. The zero-order valence-electron chi connectivity index (χ0n) is 26.5. The fourth-order valence-electron chi connectivity index (χ4n) is 7.40. The molecule has 0 radical (unpaired) electrons. The molecule has 0 saturated carbocycles. The third-order valence-electron chi connectivity index (χ3n) is 9.68. The van der Waals surface area contributed by atoms with Gasteiger partial charge in [-0.25, -0.2) is 0 Å². The highest BCUT2D eigenvalue weighted by Crippen LogP contribution is 2.49. The summed E-state index contributed by atoms with van der Waals surface area (Å²) in [6.07, 6.45) is 0. The van der Waals surface area contributed by atoms with E-state index in [0.717, 1.165) is 11.4 Å². The number of hydrogen-bond donors (Lipinski definition) is 0. The van der Waals surface area contributed by atoms with Gasteiger partial charge in [0.2, 0.25) is 0 Å². The summed E-state index contributed by atoms with van der Waals surface area (Å²) in [4.78, 5) is 2.46. The lowest BCUT2D eigenvalue weighted by Gasteiger charge is -2.27. The average molecular weight is 660 g/mol. The molecule has 0 atom stereocenters. The van der Waals surface area contributed by atoms with E-state index in [1.54, 1.807) is 0 Å². The molecule has 49 heavy (non-hydrogen) atoms. The van der Waals surface area contributed by atoms with Gasteiger partial charge >= 0.3 is 0 Å². The van der Waals surface area contributed by atoms with Crippen LogP contribution in [0.3, 0.4) is 0 Å². The first-order chi connectivity index (χ1) is 24.3. The maximum absolute atomic E-state index is 2.46. The van der Waals surface area contributed by atoms with Crippen molar-refractivity contribution >= 4 is 90.9 Å². The molecule has 0 saturated heterocycles. The molecule has 0 aliphatic carbocycles. The largest absolute Gasteiger partial charge is 0.309 e. The smallest absolute Gasteiger partial charge is 0.0640 e. The van der Waals surface area contributed by atoms with Crippen molar-refractivity contribution in [2.75, 3.05) is 4.90 Å². The molecule has 0 fully saturated rings. The van der Waals surface area contributed by atoms with E-state index in [1.165, 1.54) is 79.1 Å². The summed E-state index contributed by atoms with van der Waals surface area (Å²) >= 11 is 3.75. The van der Waals surface area contributed by atoms with Crippen molar-refractivity contribution in [3.63, 3.8) is 0 Å². The third-order valence-corrected chi connectivity index (χ3v) is 12.0. The van der Waals surface area contributed by atoms with Gasteiger partial charge in [-0.1, -0.05) is 133 Å². The highest BCUT2D eigenvalue weighted by atomic mass is 32.1. The Bertz CT molecular complexity index is 2820. The maximum Gasteiger partial charge on any atom is 0.0640 e. The Morgan fingerprint density at radius 3 is 1.84 bits per heavy atom. The molecule has 0 unspecified atom stereocenters. The number of nitrogens with zero attached hydrogens (tertiary/aromatic N) is 1. The van der Waals surface area contributed by atoms with E-state index in [9.17, 15) is 0 Å². The molecule has 0 aliphatic rings. The second-order valence-corrected chi connectivity index (χ2v) is 14.6. The Hall–Kier alpha value is -5.74. The zero-order chi connectivity index (χ0) is 32.3. The molecular formula is C46H29NS2. The first kappa shape index (κ1) is 28.3. The predicted molar refractivity (Wildman–Crippen MR) is 215 cm³/mol. The minimum atomic E-state index is 1.13. The van der Waals surface area contributed by atoms with Gasteiger partial charge < -0.3 is 4.90 Å². The molecular weight excluding hydrogens is 631 g/mol. The van der Waals surface area contributed by atoms with Crippen LogP contribution in [0.15, 0.2) is 176 Å². The summed E-state index contributed by atoms with van der Waals surface area (Å²) in [6, 6.07) is 64.4. The zero-order valence-corrected chi connectivity index (χ0v) is 28.1. The van der Waals surface area contributed by atoms with Crippen molar-refractivity contribution in [1.82, 2.24) is 0 Å². The molecule has 230 valence electrons. The van der Waals surface area contributed by atoms with Crippen LogP contribution in [0.2, 0.25) is 0 Å². The Morgan fingerprint density at radius 1 is 0.367 bits per heavy atom. The second kappa shape index (κ2) is 11.5. The summed E-state index contributed by atoms with van der Waals surface area (Å²) in [5.41, 5.74) is 8.45. The van der Waals surface area contributed by atoms with Crippen LogP contribution >= 0.6 is 22.7 Å². The van der Waals surface area contributed by atoms with Crippen LogP contribution < -0.4 is 4.90 Å². The number of hydrogen-bond acceptors (Lipinski definition) is 3. The quantitative estimate of drug-likeness (QED) is 0.178. The Balaban J connectivity index is 1.21. The number of fused-ring (bicyclic) bond motifs is 7. The van der Waals surface area contributed by atoms with Crippen molar-refractivity contribution in [1.29, 1.82) is 0 Å². The first-order valence-corrected chi connectivity index (χ1v) is 18.2. The molecule has 0 spiro atoms.